The van der Waals surface area contributed by atoms with Crippen molar-refractivity contribution in [1.82, 2.24) is 4.57 Å². The molecule has 1 heterocycles. The zero-order chi connectivity index (χ0) is 14.1. The Bertz CT molecular complexity index is 519. The van der Waals surface area contributed by atoms with Gasteiger partial charge in [-0.25, -0.2) is 4.79 Å². The highest BCUT2D eigenvalue weighted by Gasteiger charge is 2.38. The summed E-state index contributed by atoms with van der Waals surface area (Å²) in [5.41, 5.74) is -4.81. The molecule has 0 aliphatic rings. The number of alkyl halides is 3. The Morgan fingerprint density at radius 3 is 2.39 bits per heavy atom. The maximum atomic E-state index is 12.6. The fraction of sp³-hybridized carbons (Fsp3) is 0.400. The molecule has 0 saturated carbocycles. The smallest absolute Gasteiger partial charge is 0.431 e. The number of hydrogen-bond acceptors (Lipinski definition) is 3. The van der Waals surface area contributed by atoms with Crippen molar-refractivity contribution >= 4 is 5.97 Å². The van der Waals surface area contributed by atoms with E-state index in [-0.39, 0.29) is 4.57 Å². The molecule has 0 saturated heterocycles. The van der Waals surface area contributed by atoms with Crippen LogP contribution in [0.25, 0.3) is 0 Å². The van der Waals surface area contributed by atoms with Gasteiger partial charge >= 0.3 is 12.1 Å². The van der Waals surface area contributed by atoms with Crippen molar-refractivity contribution in [2.75, 3.05) is 0 Å². The number of carbonyl (C=O) groups is 1. The van der Waals surface area contributed by atoms with Crippen LogP contribution in [-0.2, 0) is 17.5 Å². The van der Waals surface area contributed by atoms with Gasteiger partial charge in [0.25, 0.3) is 5.56 Å². The van der Waals surface area contributed by atoms with Crippen molar-refractivity contribution in [3.63, 3.8) is 0 Å². The van der Waals surface area contributed by atoms with E-state index in [0.717, 1.165) is 19.1 Å². The third kappa shape index (κ3) is 2.89. The van der Waals surface area contributed by atoms with Gasteiger partial charge in [-0.15, -0.1) is 0 Å². The van der Waals surface area contributed by atoms with Crippen molar-refractivity contribution in [3.8, 4) is 0 Å². The second-order valence-corrected chi connectivity index (χ2v) is 3.91. The molecule has 1 aromatic heterocycles. The van der Waals surface area contributed by atoms with Crippen LogP contribution in [-0.4, -0.2) is 26.4 Å². The molecule has 0 aliphatic heterocycles. The standard InChI is InChI=1S/C10H10F3NO4/c1-9(18,8(16)17)5-14-6(10(11,12)13)3-2-4-7(14)15/h2-4,18H,5H2,1H3,(H,16,17). The SMILES string of the molecule is CC(O)(Cn1c(C(F)(F)F)cccc1=O)C(=O)O. The molecule has 18 heavy (non-hydrogen) atoms. The first-order chi connectivity index (χ1) is 8.05. The van der Waals surface area contributed by atoms with Crippen LogP contribution in [0.15, 0.2) is 23.0 Å². The molecule has 0 fully saturated rings. The van der Waals surface area contributed by atoms with Crippen LogP contribution in [0.1, 0.15) is 12.6 Å². The Labute approximate surface area is 99.1 Å². The molecule has 0 aliphatic carbocycles. The van der Waals surface area contributed by atoms with Crippen LogP contribution >= 0.6 is 0 Å². The van der Waals surface area contributed by atoms with Gasteiger partial charge in [-0.2, -0.15) is 13.2 Å². The molecular weight excluding hydrogens is 255 g/mol. The lowest BCUT2D eigenvalue weighted by atomic mass is 10.1. The van der Waals surface area contributed by atoms with Crippen LogP contribution in [0.4, 0.5) is 13.2 Å². The zero-order valence-corrected chi connectivity index (χ0v) is 9.23. The summed E-state index contributed by atoms with van der Waals surface area (Å²) in [7, 11) is 0. The molecule has 1 unspecified atom stereocenters. The van der Waals surface area contributed by atoms with Crippen molar-refractivity contribution in [2.24, 2.45) is 0 Å². The van der Waals surface area contributed by atoms with E-state index in [1.807, 2.05) is 0 Å². The second kappa shape index (κ2) is 4.45. The zero-order valence-electron chi connectivity index (χ0n) is 9.23. The van der Waals surface area contributed by atoms with Crippen molar-refractivity contribution in [1.29, 1.82) is 0 Å². The number of aromatic nitrogens is 1. The van der Waals surface area contributed by atoms with Gasteiger partial charge < -0.3 is 14.8 Å². The summed E-state index contributed by atoms with van der Waals surface area (Å²) in [6.45, 7) is -0.175. The normalized spacial score (nSPS) is 15.2. The lowest BCUT2D eigenvalue weighted by Crippen LogP contribution is -2.43. The highest BCUT2D eigenvalue weighted by atomic mass is 19.4. The number of carboxylic acid groups (broad SMARTS) is 1. The Hall–Kier alpha value is -1.83. The maximum absolute atomic E-state index is 12.6. The average Bonchev–Trinajstić information content (AvgIpc) is 2.18. The molecule has 2 N–H and O–H groups in total. The summed E-state index contributed by atoms with van der Waals surface area (Å²) in [6, 6.07) is 2.41. The fourth-order valence-corrected chi connectivity index (χ4v) is 1.31. The summed E-state index contributed by atoms with van der Waals surface area (Å²) in [6.07, 6.45) is -4.81. The van der Waals surface area contributed by atoms with Gasteiger partial charge in [-0.3, -0.25) is 4.79 Å². The van der Waals surface area contributed by atoms with Gasteiger partial charge in [-0.05, 0) is 13.0 Å². The number of hydrogen-bond donors (Lipinski definition) is 2. The lowest BCUT2D eigenvalue weighted by Gasteiger charge is -2.22. The van der Waals surface area contributed by atoms with E-state index in [1.54, 1.807) is 0 Å². The van der Waals surface area contributed by atoms with Crippen LogP contribution in [0, 0.1) is 0 Å². The number of nitrogens with zero attached hydrogens (tertiary/aromatic N) is 1. The third-order valence-corrected chi connectivity index (χ3v) is 2.27. The van der Waals surface area contributed by atoms with E-state index in [1.165, 1.54) is 0 Å². The molecule has 8 heteroatoms. The minimum absolute atomic E-state index is 0.189. The quantitative estimate of drug-likeness (QED) is 0.843. The van der Waals surface area contributed by atoms with Gasteiger partial charge in [0.05, 0.1) is 6.54 Å². The Morgan fingerprint density at radius 2 is 1.94 bits per heavy atom. The summed E-state index contributed by atoms with van der Waals surface area (Å²) in [4.78, 5) is 22.0. The molecule has 0 spiro atoms. The number of halogens is 3. The van der Waals surface area contributed by atoms with Crippen molar-refractivity contribution < 1.29 is 28.2 Å². The molecule has 0 bridgehead atoms. The van der Waals surface area contributed by atoms with E-state index in [0.29, 0.717) is 6.07 Å². The highest BCUT2D eigenvalue weighted by molar-refractivity contribution is 5.76. The van der Waals surface area contributed by atoms with Gasteiger partial charge in [0, 0.05) is 6.07 Å². The first-order valence-electron chi connectivity index (χ1n) is 4.78. The van der Waals surface area contributed by atoms with Gasteiger partial charge in [0.2, 0.25) is 0 Å². The van der Waals surface area contributed by atoms with E-state index in [9.17, 15) is 27.9 Å². The highest BCUT2D eigenvalue weighted by Crippen LogP contribution is 2.28. The first kappa shape index (κ1) is 14.2. The molecular formula is C10H10F3NO4. The predicted octanol–water partition coefficient (Wildman–Crippen LogP) is 0.703. The fourth-order valence-electron chi connectivity index (χ4n) is 1.31. The summed E-state index contributed by atoms with van der Waals surface area (Å²) < 4.78 is 38.0. The Kier molecular flexibility index (Phi) is 3.52. The molecule has 0 radical (unpaired) electrons. The number of rotatable bonds is 3. The largest absolute Gasteiger partial charge is 0.479 e. The molecule has 1 aromatic rings. The van der Waals surface area contributed by atoms with E-state index < -0.39 is 35.5 Å². The van der Waals surface area contributed by atoms with Gasteiger partial charge in [0.1, 0.15) is 5.69 Å². The molecule has 1 atom stereocenters. The third-order valence-electron chi connectivity index (χ3n) is 2.27. The number of aliphatic carboxylic acids is 1. The topological polar surface area (TPSA) is 79.5 Å². The summed E-state index contributed by atoms with van der Waals surface area (Å²) in [5, 5.41) is 18.1. The van der Waals surface area contributed by atoms with Crippen LogP contribution in [0.2, 0.25) is 0 Å². The van der Waals surface area contributed by atoms with E-state index >= 15 is 0 Å². The van der Waals surface area contributed by atoms with Gasteiger partial charge in [-0.1, -0.05) is 6.07 Å². The van der Waals surface area contributed by atoms with Crippen molar-refractivity contribution in [2.45, 2.75) is 25.2 Å². The predicted molar refractivity (Wildman–Crippen MR) is 54.0 cm³/mol. The number of carboxylic acids is 1. The minimum Gasteiger partial charge on any atom is -0.479 e. The molecule has 0 amide bonds. The summed E-state index contributed by atoms with van der Waals surface area (Å²) in [5.74, 6) is -1.72. The molecule has 1 rings (SSSR count). The molecule has 100 valence electrons. The second-order valence-electron chi connectivity index (χ2n) is 3.91. The number of aliphatic hydroxyl groups is 1. The lowest BCUT2D eigenvalue weighted by molar-refractivity contribution is -0.161. The van der Waals surface area contributed by atoms with Crippen LogP contribution < -0.4 is 5.56 Å². The monoisotopic (exact) mass is 265 g/mol. The molecule has 0 aromatic carbocycles. The maximum Gasteiger partial charge on any atom is 0.431 e. The summed E-state index contributed by atoms with van der Waals surface area (Å²) >= 11 is 0. The first-order valence-corrected chi connectivity index (χ1v) is 4.78. The van der Waals surface area contributed by atoms with Crippen molar-refractivity contribution in [3.05, 3.63) is 34.2 Å². The molecule has 5 nitrogen and oxygen atoms in total. The number of pyridine rings is 1. The Morgan fingerprint density at radius 1 is 1.39 bits per heavy atom. The average molecular weight is 265 g/mol. The minimum atomic E-state index is -4.81. The van der Waals surface area contributed by atoms with E-state index in [2.05, 4.69) is 0 Å². The van der Waals surface area contributed by atoms with Crippen LogP contribution in [0.3, 0.4) is 0 Å². The van der Waals surface area contributed by atoms with Crippen LogP contribution in [0.5, 0.6) is 0 Å². The Balaban J connectivity index is 3.33. The van der Waals surface area contributed by atoms with Gasteiger partial charge in [0.15, 0.2) is 5.60 Å². The van der Waals surface area contributed by atoms with E-state index in [4.69, 9.17) is 5.11 Å².